The summed E-state index contributed by atoms with van der Waals surface area (Å²) in [7, 11) is 0. The van der Waals surface area contributed by atoms with Gasteiger partial charge in [-0.3, -0.25) is 5.21 Å². The summed E-state index contributed by atoms with van der Waals surface area (Å²) >= 11 is 0. The summed E-state index contributed by atoms with van der Waals surface area (Å²) in [6.07, 6.45) is 1.92. The summed E-state index contributed by atoms with van der Waals surface area (Å²) in [4.78, 5) is 11.1. The number of hydrogen-bond acceptors (Lipinski definition) is 4. The molecule has 0 bridgehead atoms. The Morgan fingerprint density at radius 2 is 2.00 bits per heavy atom. The predicted octanol–water partition coefficient (Wildman–Crippen LogP) is 3.26. The van der Waals surface area contributed by atoms with E-state index in [9.17, 15) is 14.4 Å². The first-order chi connectivity index (χ1) is 11.5. The summed E-state index contributed by atoms with van der Waals surface area (Å²) in [5.74, 6) is 6.20. The minimum Gasteiger partial charge on any atom is -0.426 e. The minimum absolute atomic E-state index is 0.198. The van der Waals surface area contributed by atoms with Crippen molar-refractivity contribution in [3.05, 3.63) is 48.0 Å². The molecule has 1 aromatic heterocycles. The van der Waals surface area contributed by atoms with Gasteiger partial charge in [-0.15, -0.1) is 0 Å². The van der Waals surface area contributed by atoms with Crippen molar-refractivity contribution in [2.75, 3.05) is 0 Å². The highest BCUT2D eigenvalue weighted by Gasteiger charge is 2.43. The number of ether oxygens (including phenoxy) is 1. The van der Waals surface area contributed by atoms with E-state index in [1.54, 1.807) is 12.1 Å². The van der Waals surface area contributed by atoms with Gasteiger partial charge in [0.2, 0.25) is 0 Å². The molecule has 0 spiro atoms. The molecule has 0 atom stereocenters. The number of benzene rings is 1. The van der Waals surface area contributed by atoms with Crippen molar-refractivity contribution < 1.29 is 23.5 Å². The highest BCUT2D eigenvalue weighted by atomic mass is 19.1. The van der Waals surface area contributed by atoms with Crippen molar-refractivity contribution in [3.63, 3.8) is 0 Å². The van der Waals surface area contributed by atoms with Crippen LogP contribution in [0.1, 0.15) is 25.0 Å². The molecule has 3 rings (SSSR count). The van der Waals surface area contributed by atoms with Gasteiger partial charge in [0.15, 0.2) is 5.76 Å². The van der Waals surface area contributed by atoms with Crippen LogP contribution in [-0.4, -0.2) is 21.8 Å². The van der Waals surface area contributed by atoms with E-state index in [4.69, 9.17) is 14.9 Å². The molecule has 24 heavy (non-hydrogen) atoms. The maximum absolute atomic E-state index is 12.8. The van der Waals surface area contributed by atoms with E-state index in [0.717, 1.165) is 6.42 Å². The smallest absolute Gasteiger partial charge is 0.339 e. The Kier molecular flexibility index (Phi) is 4.15. The normalized spacial score (nSPS) is 14.9. The van der Waals surface area contributed by atoms with E-state index >= 15 is 0 Å². The average molecular weight is 330 g/mol. The van der Waals surface area contributed by atoms with E-state index in [1.165, 1.54) is 24.3 Å². The molecule has 1 aliphatic carbocycles. The van der Waals surface area contributed by atoms with Crippen LogP contribution in [0.2, 0.25) is 0 Å². The molecular formula is C17H15FN2O4. The summed E-state index contributed by atoms with van der Waals surface area (Å²) in [6.45, 7) is 0. The molecule has 6 nitrogen and oxygen atoms in total. The van der Waals surface area contributed by atoms with E-state index in [-0.39, 0.29) is 11.8 Å². The van der Waals surface area contributed by atoms with Gasteiger partial charge in [0.25, 0.3) is 5.95 Å². The molecule has 0 saturated heterocycles. The van der Waals surface area contributed by atoms with Crippen molar-refractivity contribution >= 4 is 6.03 Å². The zero-order chi connectivity index (χ0) is 17.2. The molecule has 3 N–H and O–H groups in total. The number of amides is 2. The number of hydroxylamine groups is 2. The molecular weight excluding hydrogens is 315 g/mol. The van der Waals surface area contributed by atoms with Gasteiger partial charge >= 0.3 is 6.03 Å². The summed E-state index contributed by atoms with van der Waals surface area (Å²) in [6, 6.07) is 7.74. The fraction of sp³-hybridized carbons (Fsp3) is 0.235. The Morgan fingerprint density at radius 3 is 2.58 bits per heavy atom. The number of rotatable bonds is 3. The molecule has 2 aromatic rings. The quantitative estimate of drug-likeness (QED) is 0.513. The third-order valence-corrected chi connectivity index (χ3v) is 3.83. The lowest BCUT2D eigenvalue weighted by Crippen LogP contribution is -2.55. The van der Waals surface area contributed by atoms with Crippen molar-refractivity contribution in [2.24, 2.45) is 5.73 Å². The molecule has 0 radical (unpaired) electrons. The Morgan fingerprint density at radius 1 is 1.29 bits per heavy atom. The maximum Gasteiger partial charge on any atom is 0.339 e. The second-order valence-corrected chi connectivity index (χ2v) is 5.46. The van der Waals surface area contributed by atoms with E-state index in [1.807, 2.05) is 0 Å². The van der Waals surface area contributed by atoms with Crippen molar-refractivity contribution in [1.82, 2.24) is 5.06 Å². The zero-order valence-corrected chi connectivity index (χ0v) is 12.7. The van der Waals surface area contributed by atoms with Crippen molar-refractivity contribution in [3.8, 4) is 23.5 Å². The van der Waals surface area contributed by atoms with Gasteiger partial charge in [-0.05, 0) is 55.5 Å². The van der Waals surface area contributed by atoms with E-state index < -0.39 is 11.6 Å². The Labute approximate surface area is 137 Å². The van der Waals surface area contributed by atoms with Gasteiger partial charge in [-0.2, -0.15) is 5.06 Å². The monoisotopic (exact) mass is 330 g/mol. The van der Waals surface area contributed by atoms with Crippen LogP contribution >= 0.6 is 0 Å². The standard InChI is InChI=1S/C17H15FN2O4/c18-12-2-4-13(5-3-12)23-15-7-6-14(24-15)8-11-17(9-1-10-17)20(22)16(19)21/h2-7,22H,1,9-10H2,(H2,19,21). The summed E-state index contributed by atoms with van der Waals surface area (Å²) < 4.78 is 23.7. The van der Waals surface area contributed by atoms with Gasteiger partial charge < -0.3 is 14.9 Å². The van der Waals surface area contributed by atoms with Crippen molar-refractivity contribution in [2.45, 2.75) is 24.8 Å². The van der Waals surface area contributed by atoms with Crippen LogP contribution < -0.4 is 10.5 Å². The first-order valence-corrected chi connectivity index (χ1v) is 7.33. The van der Waals surface area contributed by atoms with Crippen LogP contribution in [0.25, 0.3) is 0 Å². The number of primary amides is 1. The van der Waals surface area contributed by atoms with Crippen LogP contribution in [-0.2, 0) is 0 Å². The van der Waals surface area contributed by atoms with Gasteiger partial charge in [0, 0.05) is 6.07 Å². The Balaban J connectivity index is 1.72. The minimum atomic E-state index is -0.962. The number of hydrogen-bond donors (Lipinski definition) is 2. The fourth-order valence-corrected chi connectivity index (χ4v) is 2.35. The van der Waals surface area contributed by atoms with Crippen LogP contribution in [0.4, 0.5) is 9.18 Å². The molecule has 2 amide bonds. The topological polar surface area (TPSA) is 88.9 Å². The molecule has 1 aliphatic rings. The number of carbonyl (C=O) groups excluding carboxylic acids is 1. The highest BCUT2D eigenvalue weighted by Crippen LogP contribution is 2.36. The zero-order valence-electron chi connectivity index (χ0n) is 12.7. The molecule has 1 aromatic carbocycles. The third kappa shape index (κ3) is 3.19. The highest BCUT2D eigenvalue weighted by molar-refractivity contribution is 5.72. The van der Waals surface area contributed by atoms with Gasteiger partial charge in [-0.1, -0.05) is 5.92 Å². The number of nitrogens with zero attached hydrogens (tertiary/aromatic N) is 1. The lowest BCUT2D eigenvalue weighted by atomic mass is 9.77. The predicted molar refractivity (Wildman–Crippen MR) is 81.9 cm³/mol. The van der Waals surface area contributed by atoms with Crippen LogP contribution in [0.5, 0.6) is 11.7 Å². The number of nitrogens with two attached hydrogens (primary N) is 1. The lowest BCUT2D eigenvalue weighted by Gasteiger charge is -2.41. The van der Waals surface area contributed by atoms with Crippen molar-refractivity contribution in [1.29, 1.82) is 0 Å². The molecule has 0 aliphatic heterocycles. The second kappa shape index (κ2) is 6.26. The number of carbonyl (C=O) groups is 1. The first kappa shape index (κ1) is 15.9. The second-order valence-electron chi connectivity index (χ2n) is 5.46. The van der Waals surface area contributed by atoms with Gasteiger partial charge in [0.1, 0.15) is 17.1 Å². The van der Waals surface area contributed by atoms with E-state index in [2.05, 4.69) is 11.8 Å². The summed E-state index contributed by atoms with van der Waals surface area (Å²) in [5, 5.41) is 10.2. The molecule has 1 fully saturated rings. The Bertz CT molecular complexity index is 800. The molecule has 0 unspecified atom stereocenters. The fourth-order valence-electron chi connectivity index (χ4n) is 2.35. The Hall–Kier alpha value is -2.98. The van der Waals surface area contributed by atoms with Crippen LogP contribution in [0.3, 0.4) is 0 Å². The molecule has 1 saturated carbocycles. The van der Waals surface area contributed by atoms with Gasteiger partial charge in [-0.25, -0.2) is 9.18 Å². The third-order valence-electron chi connectivity index (χ3n) is 3.83. The molecule has 124 valence electrons. The molecule has 7 heteroatoms. The average Bonchev–Trinajstić information content (AvgIpc) is 2.96. The summed E-state index contributed by atoms with van der Waals surface area (Å²) in [5.41, 5.74) is 4.14. The maximum atomic E-state index is 12.8. The van der Waals surface area contributed by atoms with Crippen LogP contribution in [0.15, 0.2) is 40.8 Å². The SMILES string of the molecule is NC(=O)N(O)C1(C#Cc2ccc(Oc3ccc(F)cc3)o2)CCC1. The number of urea groups is 1. The van der Waals surface area contributed by atoms with E-state index in [0.29, 0.717) is 29.4 Å². The first-order valence-electron chi connectivity index (χ1n) is 7.33. The van der Waals surface area contributed by atoms with Gasteiger partial charge in [0.05, 0.1) is 0 Å². The van der Waals surface area contributed by atoms with Crippen LogP contribution in [0, 0.1) is 17.7 Å². The number of halogens is 1. The number of furan rings is 1. The lowest BCUT2D eigenvalue weighted by molar-refractivity contribution is -0.128. The largest absolute Gasteiger partial charge is 0.426 e. The molecule has 1 heterocycles.